The van der Waals surface area contributed by atoms with Gasteiger partial charge in [0.05, 0.1) is 45.5 Å². The van der Waals surface area contributed by atoms with Gasteiger partial charge in [0, 0.05) is 16.3 Å². The summed E-state index contributed by atoms with van der Waals surface area (Å²) in [5, 5.41) is 37.0. The van der Waals surface area contributed by atoms with Crippen molar-refractivity contribution in [1.29, 1.82) is 15.8 Å². The quantitative estimate of drug-likeness (QED) is 0.179. The molecule has 0 aliphatic rings. The molecule has 0 aliphatic carbocycles. The van der Waals surface area contributed by atoms with E-state index < -0.39 is 0 Å². The van der Waals surface area contributed by atoms with Gasteiger partial charge in [0.25, 0.3) is 0 Å². The molecule has 0 saturated carbocycles. The fourth-order valence-electron chi connectivity index (χ4n) is 7.73. The van der Waals surface area contributed by atoms with E-state index in [4.69, 9.17) is 0 Å². The molecule has 0 atom stereocenters. The average molecular weight is 647 g/mol. The lowest BCUT2D eigenvalue weighted by Gasteiger charge is -2.19. The molecule has 1 aromatic heterocycles. The fourth-order valence-corrected chi connectivity index (χ4v) is 7.73. The largest absolute Gasteiger partial charge is 0.307 e. The van der Waals surface area contributed by atoms with Gasteiger partial charge in [0.15, 0.2) is 0 Å². The Hall–Kier alpha value is -7.45. The number of nitriles is 3. The van der Waals surface area contributed by atoms with Gasteiger partial charge in [-0.05, 0) is 91.8 Å². The van der Waals surface area contributed by atoms with Gasteiger partial charge in [-0.15, -0.1) is 0 Å². The number of hydrogen-bond acceptors (Lipinski definition) is 3. The second-order valence-electron chi connectivity index (χ2n) is 12.6. The molecule has 0 fully saturated rings. The first-order valence-electron chi connectivity index (χ1n) is 16.7. The Morgan fingerprint density at radius 2 is 0.922 bits per heavy atom. The molecule has 0 unspecified atom stereocenters. The topological polar surface area (TPSA) is 76.3 Å². The number of rotatable bonds is 4. The highest BCUT2D eigenvalue weighted by Crippen LogP contribution is 2.45. The van der Waals surface area contributed by atoms with E-state index in [1.54, 1.807) is 6.07 Å². The zero-order valence-corrected chi connectivity index (χ0v) is 27.3. The van der Waals surface area contributed by atoms with E-state index in [-0.39, 0.29) is 0 Å². The van der Waals surface area contributed by atoms with Crippen molar-refractivity contribution >= 4 is 43.4 Å². The normalized spacial score (nSPS) is 11.1. The Morgan fingerprint density at radius 1 is 0.373 bits per heavy atom. The zero-order chi connectivity index (χ0) is 34.5. The van der Waals surface area contributed by atoms with Crippen LogP contribution in [0.4, 0.5) is 0 Å². The first kappa shape index (κ1) is 29.7. The van der Waals surface area contributed by atoms with E-state index in [9.17, 15) is 15.8 Å². The van der Waals surface area contributed by atoms with Crippen LogP contribution in [0.25, 0.3) is 82.4 Å². The summed E-state index contributed by atoms with van der Waals surface area (Å²) in [6, 6.07) is 60.3. The van der Waals surface area contributed by atoms with Gasteiger partial charge < -0.3 is 4.57 Å². The van der Waals surface area contributed by atoms with E-state index in [1.807, 2.05) is 54.6 Å². The summed E-state index contributed by atoms with van der Waals surface area (Å²) in [6.07, 6.45) is 0. The number of nitrogens with zero attached hydrogens (tertiary/aromatic N) is 4. The number of fused-ring (bicyclic) bond motifs is 5. The smallest absolute Gasteiger partial charge is 0.101 e. The van der Waals surface area contributed by atoms with Crippen LogP contribution in [0.5, 0.6) is 0 Å². The summed E-state index contributed by atoms with van der Waals surface area (Å²) in [4.78, 5) is 0. The summed E-state index contributed by atoms with van der Waals surface area (Å²) in [6.45, 7) is 0. The van der Waals surface area contributed by atoms with Gasteiger partial charge >= 0.3 is 0 Å². The van der Waals surface area contributed by atoms with Gasteiger partial charge in [0.2, 0.25) is 0 Å². The monoisotopic (exact) mass is 646 g/mol. The lowest BCUT2D eigenvalue weighted by Crippen LogP contribution is -2.02. The first-order valence-corrected chi connectivity index (χ1v) is 16.7. The molecule has 9 rings (SSSR count). The van der Waals surface area contributed by atoms with Crippen molar-refractivity contribution in [2.75, 3.05) is 0 Å². The summed E-state index contributed by atoms with van der Waals surface area (Å²) in [5.74, 6) is 0. The molecule has 51 heavy (non-hydrogen) atoms. The van der Waals surface area contributed by atoms with E-state index in [0.29, 0.717) is 22.4 Å². The second kappa shape index (κ2) is 11.9. The Kier molecular flexibility index (Phi) is 6.93. The average Bonchev–Trinajstić information content (AvgIpc) is 3.52. The van der Waals surface area contributed by atoms with Crippen molar-refractivity contribution in [3.63, 3.8) is 0 Å². The standard InChI is InChI=1S/C47H26N4/c48-27-30-21-22-44-42(24-30)36-15-8-9-20-43(36)51(44)47-35(29-50)23-31(28-49)25-41(47)33-13-10-14-34(26-33)46-39-18-6-4-16-37(39)45(32-11-2-1-3-12-32)38-17-5-7-19-40(38)46/h1-26H. The third kappa shape index (κ3) is 4.66. The number of hydrogen-bond donors (Lipinski definition) is 0. The Morgan fingerprint density at radius 3 is 1.57 bits per heavy atom. The maximum absolute atomic E-state index is 10.6. The molecule has 4 heteroatoms. The highest BCUT2D eigenvalue weighted by Gasteiger charge is 2.22. The number of aromatic nitrogens is 1. The minimum absolute atomic E-state index is 0.393. The minimum Gasteiger partial charge on any atom is -0.307 e. The summed E-state index contributed by atoms with van der Waals surface area (Å²) in [7, 11) is 0. The van der Waals surface area contributed by atoms with Crippen molar-refractivity contribution in [2.24, 2.45) is 0 Å². The number of benzene rings is 8. The molecule has 0 N–H and O–H groups in total. The van der Waals surface area contributed by atoms with Crippen molar-refractivity contribution in [3.8, 4) is 57.3 Å². The second-order valence-corrected chi connectivity index (χ2v) is 12.6. The van der Waals surface area contributed by atoms with Crippen LogP contribution >= 0.6 is 0 Å². The molecule has 0 radical (unpaired) electrons. The summed E-state index contributed by atoms with van der Waals surface area (Å²) >= 11 is 0. The molecule has 0 bridgehead atoms. The van der Waals surface area contributed by atoms with Crippen LogP contribution in [0.3, 0.4) is 0 Å². The van der Waals surface area contributed by atoms with Gasteiger partial charge in [-0.3, -0.25) is 0 Å². The molecule has 8 aromatic carbocycles. The third-order valence-corrected chi connectivity index (χ3v) is 9.84. The minimum atomic E-state index is 0.393. The molecule has 9 aromatic rings. The van der Waals surface area contributed by atoms with Crippen LogP contribution in [0, 0.1) is 34.0 Å². The van der Waals surface area contributed by atoms with Crippen molar-refractivity contribution < 1.29 is 0 Å². The van der Waals surface area contributed by atoms with Gasteiger partial charge in [0.1, 0.15) is 6.07 Å². The van der Waals surface area contributed by atoms with E-state index in [0.717, 1.165) is 54.8 Å². The number of para-hydroxylation sites is 1. The maximum atomic E-state index is 10.6. The van der Waals surface area contributed by atoms with Crippen LogP contribution in [-0.4, -0.2) is 4.57 Å². The maximum Gasteiger partial charge on any atom is 0.101 e. The molecule has 1 heterocycles. The zero-order valence-electron chi connectivity index (χ0n) is 27.3. The molecule has 0 spiro atoms. The van der Waals surface area contributed by atoms with Gasteiger partial charge in [-0.25, -0.2) is 0 Å². The van der Waals surface area contributed by atoms with Crippen molar-refractivity contribution in [2.45, 2.75) is 0 Å². The molecule has 0 amide bonds. The van der Waals surface area contributed by atoms with Crippen LogP contribution in [0.2, 0.25) is 0 Å². The molecular formula is C47H26N4. The fraction of sp³-hybridized carbons (Fsp3) is 0. The molecule has 4 nitrogen and oxygen atoms in total. The SMILES string of the molecule is N#Cc1cc(C#N)c(-n2c3ccccc3c3cc(C#N)ccc32)c(-c2cccc(-c3c4ccccc4c(-c4ccccc4)c4ccccc34)c2)c1. The highest BCUT2D eigenvalue weighted by atomic mass is 15.0. The van der Waals surface area contributed by atoms with Crippen molar-refractivity contribution in [1.82, 2.24) is 4.57 Å². The Labute approximate surface area is 294 Å². The highest BCUT2D eigenvalue weighted by molar-refractivity contribution is 6.21. The van der Waals surface area contributed by atoms with Crippen LogP contribution in [0.15, 0.2) is 158 Å². The van der Waals surface area contributed by atoms with Gasteiger partial charge in [-0.1, -0.05) is 115 Å². The summed E-state index contributed by atoms with van der Waals surface area (Å²) in [5.41, 5.74) is 10.0. The van der Waals surface area contributed by atoms with E-state index >= 15 is 0 Å². The predicted octanol–water partition coefficient (Wildman–Crippen LogP) is 11.7. The van der Waals surface area contributed by atoms with E-state index in [2.05, 4.69) is 120 Å². The molecular weight excluding hydrogens is 621 g/mol. The Bertz CT molecular complexity index is 2940. The molecule has 234 valence electrons. The van der Waals surface area contributed by atoms with Crippen LogP contribution < -0.4 is 0 Å². The van der Waals surface area contributed by atoms with E-state index in [1.165, 1.54) is 21.9 Å². The predicted molar refractivity (Wildman–Crippen MR) is 206 cm³/mol. The lowest BCUT2D eigenvalue weighted by atomic mass is 9.85. The summed E-state index contributed by atoms with van der Waals surface area (Å²) < 4.78 is 2.10. The van der Waals surface area contributed by atoms with Gasteiger partial charge in [-0.2, -0.15) is 15.8 Å². The first-order chi connectivity index (χ1) is 25.2. The molecule has 0 saturated heterocycles. The Balaban J connectivity index is 1.36. The molecule has 0 aliphatic heterocycles. The third-order valence-electron chi connectivity index (χ3n) is 9.84. The van der Waals surface area contributed by atoms with Crippen LogP contribution in [-0.2, 0) is 0 Å². The van der Waals surface area contributed by atoms with Crippen LogP contribution in [0.1, 0.15) is 16.7 Å². The van der Waals surface area contributed by atoms with Crippen molar-refractivity contribution in [3.05, 3.63) is 174 Å². The lowest BCUT2D eigenvalue weighted by molar-refractivity contribution is 1.17.